The highest BCUT2D eigenvalue weighted by atomic mass is 32.1. The molecule has 0 spiro atoms. The van der Waals surface area contributed by atoms with E-state index in [1.165, 1.54) is 4.88 Å². The molecular formula is C12H21NOS. The van der Waals surface area contributed by atoms with Gasteiger partial charge in [-0.15, -0.1) is 11.3 Å². The molecule has 0 aromatic carbocycles. The van der Waals surface area contributed by atoms with Crippen LogP contribution in [0.5, 0.6) is 0 Å². The zero-order valence-corrected chi connectivity index (χ0v) is 10.6. The third-order valence-electron chi connectivity index (χ3n) is 3.26. The minimum Gasteiger partial charge on any atom is -0.392 e. The quantitative estimate of drug-likeness (QED) is 0.812. The molecule has 0 saturated carbocycles. The van der Waals surface area contributed by atoms with Crippen molar-refractivity contribution in [3.05, 3.63) is 22.4 Å². The fourth-order valence-electron chi connectivity index (χ4n) is 1.66. The molecule has 0 aliphatic carbocycles. The molecule has 3 N–H and O–H groups in total. The van der Waals surface area contributed by atoms with Gasteiger partial charge >= 0.3 is 0 Å². The second-order valence-electron chi connectivity index (χ2n) is 4.64. The molecule has 15 heavy (non-hydrogen) atoms. The van der Waals surface area contributed by atoms with Gasteiger partial charge in [-0.25, -0.2) is 0 Å². The minimum atomic E-state index is -0.369. The van der Waals surface area contributed by atoms with Crippen LogP contribution in [0.1, 0.15) is 38.0 Å². The van der Waals surface area contributed by atoms with Crippen molar-refractivity contribution < 1.29 is 5.11 Å². The second-order valence-corrected chi connectivity index (χ2v) is 5.62. The van der Waals surface area contributed by atoms with Crippen molar-refractivity contribution in [3.8, 4) is 0 Å². The number of aliphatic hydroxyl groups excluding tert-OH is 1. The Bertz CT molecular complexity index is 282. The first-order valence-corrected chi connectivity index (χ1v) is 6.32. The van der Waals surface area contributed by atoms with Gasteiger partial charge in [-0.3, -0.25) is 0 Å². The average molecular weight is 227 g/mol. The normalized spacial score (nSPS) is 16.3. The van der Waals surface area contributed by atoms with Gasteiger partial charge in [-0.2, -0.15) is 0 Å². The molecule has 86 valence electrons. The van der Waals surface area contributed by atoms with E-state index in [4.69, 9.17) is 5.73 Å². The van der Waals surface area contributed by atoms with E-state index in [1.807, 2.05) is 11.4 Å². The molecule has 0 saturated heterocycles. The topological polar surface area (TPSA) is 46.2 Å². The fraction of sp³-hybridized carbons (Fsp3) is 0.667. The molecular weight excluding hydrogens is 206 g/mol. The largest absolute Gasteiger partial charge is 0.392 e. The summed E-state index contributed by atoms with van der Waals surface area (Å²) in [5.41, 5.74) is 5.69. The smallest absolute Gasteiger partial charge is 0.0679 e. The van der Waals surface area contributed by atoms with E-state index < -0.39 is 0 Å². The maximum atomic E-state index is 10.3. The first kappa shape index (κ1) is 12.7. The molecule has 2 unspecified atom stereocenters. The molecule has 1 heterocycles. The van der Waals surface area contributed by atoms with Crippen LogP contribution in [-0.2, 0) is 0 Å². The highest BCUT2D eigenvalue weighted by Crippen LogP contribution is 2.35. The number of nitrogens with two attached hydrogens (primary N) is 1. The van der Waals surface area contributed by atoms with Crippen LogP contribution in [0.2, 0.25) is 0 Å². The summed E-state index contributed by atoms with van der Waals surface area (Å²) in [4.78, 5) is 1.19. The Morgan fingerprint density at radius 3 is 2.60 bits per heavy atom. The van der Waals surface area contributed by atoms with Crippen molar-refractivity contribution >= 4 is 11.3 Å². The van der Waals surface area contributed by atoms with Crippen molar-refractivity contribution in [1.82, 2.24) is 0 Å². The average Bonchev–Trinajstić information content (AvgIpc) is 2.72. The summed E-state index contributed by atoms with van der Waals surface area (Å²) in [6.07, 6.45) is 0.585. The Balaban J connectivity index is 2.84. The van der Waals surface area contributed by atoms with E-state index in [1.54, 1.807) is 11.3 Å². The first-order valence-electron chi connectivity index (χ1n) is 5.44. The Hall–Kier alpha value is -0.380. The lowest BCUT2D eigenvalue weighted by atomic mass is 9.77. The van der Waals surface area contributed by atoms with Crippen molar-refractivity contribution in [2.45, 2.75) is 39.2 Å². The predicted octanol–water partition coefficient (Wildman–Crippen LogP) is 2.59. The summed E-state index contributed by atoms with van der Waals surface area (Å²) < 4.78 is 0. The van der Waals surface area contributed by atoms with E-state index in [0.717, 1.165) is 6.42 Å². The van der Waals surface area contributed by atoms with Crippen molar-refractivity contribution in [2.24, 2.45) is 11.1 Å². The van der Waals surface area contributed by atoms with Crippen LogP contribution in [0.4, 0.5) is 0 Å². The number of aliphatic hydroxyl groups is 1. The van der Waals surface area contributed by atoms with Gasteiger partial charge in [0.2, 0.25) is 0 Å². The Labute approximate surface area is 96.1 Å². The third kappa shape index (κ3) is 2.80. The summed E-state index contributed by atoms with van der Waals surface area (Å²) in [5.74, 6) is 0.0694. The maximum Gasteiger partial charge on any atom is 0.0679 e. The van der Waals surface area contributed by atoms with Gasteiger partial charge in [-0.05, 0) is 23.3 Å². The maximum absolute atomic E-state index is 10.3. The van der Waals surface area contributed by atoms with Gasteiger partial charge in [0.15, 0.2) is 0 Å². The zero-order chi connectivity index (χ0) is 11.5. The standard InChI is InChI=1S/C12H21NOS/c1-4-12(2,3)11(14)9(8-13)10-6-5-7-15-10/h5-7,9,11,14H,4,8,13H2,1-3H3. The van der Waals surface area contributed by atoms with E-state index in [2.05, 4.69) is 26.8 Å². The van der Waals surface area contributed by atoms with Crippen molar-refractivity contribution in [3.63, 3.8) is 0 Å². The van der Waals surface area contributed by atoms with Gasteiger partial charge in [-0.1, -0.05) is 26.8 Å². The van der Waals surface area contributed by atoms with Crippen LogP contribution in [0.25, 0.3) is 0 Å². The van der Waals surface area contributed by atoms with Gasteiger partial charge in [0.05, 0.1) is 6.10 Å². The first-order chi connectivity index (χ1) is 7.03. The fourth-order valence-corrected chi connectivity index (χ4v) is 2.53. The molecule has 2 atom stereocenters. The van der Waals surface area contributed by atoms with Crippen molar-refractivity contribution in [2.75, 3.05) is 6.54 Å². The Morgan fingerprint density at radius 2 is 2.20 bits per heavy atom. The van der Waals surface area contributed by atoms with E-state index in [9.17, 15) is 5.11 Å². The number of thiophene rings is 1. The molecule has 0 aliphatic rings. The third-order valence-corrected chi connectivity index (χ3v) is 4.26. The SMILES string of the molecule is CCC(C)(C)C(O)C(CN)c1cccs1. The highest BCUT2D eigenvalue weighted by Gasteiger charge is 2.33. The predicted molar refractivity (Wildman–Crippen MR) is 66.2 cm³/mol. The number of rotatable bonds is 5. The van der Waals surface area contributed by atoms with E-state index in [0.29, 0.717) is 6.54 Å². The molecule has 0 aliphatic heterocycles. The number of hydrogen-bond acceptors (Lipinski definition) is 3. The zero-order valence-electron chi connectivity index (χ0n) is 9.73. The summed E-state index contributed by atoms with van der Waals surface area (Å²) in [5, 5.41) is 12.4. The summed E-state index contributed by atoms with van der Waals surface area (Å²) >= 11 is 1.67. The molecule has 0 amide bonds. The van der Waals surface area contributed by atoms with Crippen LogP contribution in [0.3, 0.4) is 0 Å². The summed E-state index contributed by atoms with van der Waals surface area (Å²) in [6, 6.07) is 4.06. The summed E-state index contributed by atoms with van der Waals surface area (Å²) in [7, 11) is 0. The molecule has 1 aromatic rings. The molecule has 0 fully saturated rings. The van der Waals surface area contributed by atoms with E-state index in [-0.39, 0.29) is 17.4 Å². The van der Waals surface area contributed by atoms with Gasteiger partial charge in [0.25, 0.3) is 0 Å². The minimum absolute atomic E-state index is 0.0694. The van der Waals surface area contributed by atoms with Crippen LogP contribution in [0, 0.1) is 5.41 Å². The van der Waals surface area contributed by atoms with E-state index >= 15 is 0 Å². The Morgan fingerprint density at radius 1 is 1.53 bits per heavy atom. The highest BCUT2D eigenvalue weighted by molar-refractivity contribution is 7.10. The van der Waals surface area contributed by atoms with Gasteiger partial charge in [0.1, 0.15) is 0 Å². The van der Waals surface area contributed by atoms with Gasteiger partial charge in [0, 0.05) is 17.3 Å². The molecule has 1 rings (SSSR count). The van der Waals surface area contributed by atoms with Gasteiger partial charge < -0.3 is 10.8 Å². The molecule has 1 aromatic heterocycles. The van der Waals surface area contributed by atoms with Crippen LogP contribution in [0.15, 0.2) is 17.5 Å². The molecule has 0 bridgehead atoms. The monoisotopic (exact) mass is 227 g/mol. The molecule has 3 heteroatoms. The summed E-state index contributed by atoms with van der Waals surface area (Å²) in [6.45, 7) is 6.79. The second kappa shape index (κ2) is 5.10. The van der Waals surface area contributed by atoms with Crippen LogP contribution >= 0.6 is 11.3 Å². The lowest BCUT2D eigenvalue weighted by molar-refractivity contribution is 0.0273. The Kier molecular flexibility index (Phi) is 4.32. The molecule has 2 nitrogen and oxygen atoms in total. The van der Waals surface area contributed by atoms with Crippen LogP contribution < -0.4 is 5.73 Å². The van der Waals surface area contributed by atoms with Crippen molar-refractivity contribution in [1.29, 1.82) is 0 Å². The lowest BCUT2D eigenvalue weighted by Gasteiger charge is -2.34. The molecule has 0 radical (unpaired) electrons. The number of hydrogen-bond donors (Lipinski definition) is 2. The van der Waals surface area contributed by atoms with Crippen LogP contribution in [-0.4, -0.2) is 17.8 Å². The lowest BCUT2D eigenvalue weighted by Crippen LogP contribution is -2.37.